The van der Waals surface area contributed by atoms with Crippen LogP contribution in [-0.4, -0.2) is 160 Å². The van der Waals surface area contributed by atoms with Gasteiger partial charge in [-0.1, -0.05) is 11.2 Å². The van der Waals surface area contributed by atoms with E-state index < -0.39 is 41.5 Å². The van der Waals surface area contributed by atoms with Crippen molar-refractivity contribution in [3.63, 3.8) is 0 Å². The summed E-state index contributed by atoms with van der Waals surface area (Å²) in [7, 11) is 1.83. The molecule has 376 valence electrons. The monoisotopic (exact) mass is 984 g/mol. The first-order valence-electron chi connectivity index (χ1n) is 25.1. The molecule has 72 heavy (non-hydrogen) atoms. The standard InChI is InChI=1S/C51H58F2N14O5/c1-30-44(31(2)67-50(61(30)3)58-59-60-67)47(70)56-36-5-4-34-27-55-45(39(34)25-36)33-10-15-54-42(24-33)65-22-20-63(21-23-65)29-51(52,53)35-13-16-62(17-14-35)28-32-11-18-64(19-12-32)37-6-7-38-40(26-37)49(72)66(48(38)71)41-8-9-43(68)57-46(41)69/h4-7,10,15,24-26,31-32,35,41H,8-9,11-14,16-23,27-29H2,1-3H3,(H,56,70)(H,57,68,69)/t31-,41?/m1/s1. The minimum atomic E-state index is -2.80. The lowest BCUT2D eigenvalue weighted by atomic mass is 9.88. The van der Waals surface area contributed by atoms with Crippen molar-refractivity contribution in [1.29, 1.82) is 0 Å². The van der Waals surface area contributed by atoms with Gasteiger partial charge in [-0.2, -0.15) is 0 Å². The van der Waals surface area contributed by atoms with Gasteiger partial charge in [0.2, 0.25) is 17.8 Å². The van der Waals surface area contributed by atoms with Crippen molar-refractivity contribution in [2.24, 2.45) is 16.8 Å². The zero-order valence-electron chi connectivity index (χ0n) is 40.7. The Morgan fingerprint density at radius 3 is 2.36 bits per heavy atom. The van der Waals surface area contributed by atoms with Gasteiger partial charge < -0.3 is 24.9 Å². The molecule has 4 fully saturated rings. The number of tetrazole rings is 1. The van der Waals surface area contributed by atoms with Gasteiger partial charge in [-0.3, -0.25) is 44.1 Å². The van der Waals surface area contributed by atoms with Gasteiger partial charge in [-0.25, -0.2) is 18.4 Å². The van der Waals surface area contributed by atoms with Crippen LogP contribution in [0, 0.1) is 11.8 Å². The molecule has 4 saturated heterocycles. The molecule has 0 radical (unpaired) electrons. The zero-order chi connectivity index (χ0) is 50.0. The van der Waals surface area contributed by atoms with Crippen LogP contribution in [0.15, 0.2) is 71.0 Å². The topological polar surface area (TPSA) is 198 Å². The number of carbonyl (C=O) groups excluding carboxylic acids is 5. The second-order valence-corrected chi connectivity index (χ2v) is 20.3. The van der Waals surface area contributed by atoms with E-state index in [2.05, 4.69) is 45.8 Å². The van der Waals surface area contributed by atoms with Crippen LogP contribution in [0.25, 0.3) is 0 Å². The predicted molar refractivity (Wildman–Crippen MR) is 263 cm³/mol. The number of fused-ring (bicyclic) bond motifs is 3. The van der Waals surface area contributed by atoms with E-state index >= 15 is 8.78 Å². The summed E-state index contributed by atoms with van der Waals surface area (Å²) < 4.78 is 33.6. The molecule has 0 aliphatic carbocycles. The fraction of sp³-hybridized carbons (Fsp3) is 0.490. The lowest BCUT2D eigenvalue weighted by Crippen LogP contribution is -2.54. The maximum atomic E-state index is 16.0. The first-order valence-corrected chi connectivity index (χ1v) is 25.1. The number of allylic oxidation sites excluding steroid dienone is 1. The molecule has 4 aromatic rings. The molecule has 9 heterocycles. The molecular weight excluding hydrogens is 927 g/mol. The molecular formula is C51H58F2N14O5. The largest absolute Gasteiger partial charge is 0.371 e. The Hall–Kier alpha value is -7.00. The van der Waals surface area contributed by atoms with Crippen LogP contribution < -0.4 is 25.3 Å². The fourth-order valence-corrected chi connectivity index (χ4v) is 11.7. The van der Waals surface area contributed by atoms with E-state index in [0.29, 0.717) is 81.8 Å². The lowest BCUT2D eigenvalue weighted by molar-refractivity contribution is -0.136. The average Bonchev–Trinajstić information content (AvgIpc) is 4.11. The van der Waals surface area contributed by atoms with Crippen LogP contribution in [0.3, 0.4) is 0 Å². The van der Waals surface area contributed by atoms with Crippen molar-refractivity contribution in [3.8, 4) is 0 Å². The number of hydrogen-bond donors (Lipinski definition) is 2. The number of amides is 5. The van der Waals surface area contributed by atoms with Crippen molar-refractivity contribution >= 4 is 58.4 Å². The highest BCUT2D eigenvalue weighted by atomic mass is 19.3. The van der Waals surface area contributed by atoms with Gasteiger partial charge in [-0.15, -0.1) is 0 Å². The SMILES string of the molecule is CC1=C(C(=O)Nc2ccc3c(c2)C(c2ccnc(N4CCN(CC(F)(F)C5CCN(CC6CCN(c7ccc8c(c7)C(=O)N(C7CCC(=O)NC7=O)C8=O)CC6)CC5)CC4)c2)=NC3)[C@@H](C)n2nnnc2N1C. The third kappa shape index (κ3) is 8.79. The molecule has 2 aromatic heterocycles. The maximum Gasteiger partial charge on any atom is 0.263 e. The van der Waals surface area contributed by atoms with Gasteiger partial charge in [-0.05, 0) is 123 Å². The summed E-state index contributed by atoms with van der Waals surface area (Å²) in [6.07, 6.45) is 4.69. The van der Waals surface area contributed by atoms with Crippen molar-refractivity contribution in [2.45, 2.75) is 76.9 Å². The van der Waals surface area contributed by atoms with Crippen LogP contribution in [0.5, 0.6) is 0 Å². The number of benzene rings is 2. The molecule has 0 bridgehead atoms. The van der Waals surface area contributed by atoms with Crippen LogP contribution in [0.1, 0.15) is 95.8 Å². The Balaban J connectivity index is 0.633. The second-order valence-electron chi connectivity index (χ2n) is 20.3. The number of rotatable bonds is 11. The number of aliphatic imine (C=N–C) groups is 1. The van der Waals surface area contributed by atoms with Gasteiger partial charge in [0.15, 0.2) is 0 Å². The summed E-state index contributed by atoms with van der Waals surface area (Å²) in [6, 6.07) is 13.7. The Morgan fingerprint density at radius 2 is 1.60 bits per heavy atom. The van der Waals surface area contributed by atoms with Crippen molar-refractivity contribution in [2.75, 3.05) is 92.5 Å². The van der Waals surface area contributed by atoms with E-state index in [1.54, 1.807) is 27.9 Å². The van der Waals surface area contributed by atoms with Crippen molar-refractivity contribution in [1.82, 2.24) is 45.2 Å². The van der Waals surface area contributed by atoms with E-state index in [1.807, 2.05) is 62.2 Å². The number of likely N-dealkylation sites (tertiary alicyclic amines) is 1. The predicted octanol–water partition coefficient (Wildman–Crippen LogP) is 4.13. The van der Waals surface area contributed by atoms with E-state index in [-0.39, 0.29) is 42.5 Å². The minimum Gasteiger partial charge on any atom is -0.371 e. The Morgan fingerprint density at radius 1 is 0.833 bits per heavy atom. The first kappa shape index (κ1) is 47.3. The molecule has 5 amide bonds. The molecule has 19 nitrogen and oxygen atoms in total. The Bertz CT molecular complexity index is 2920. The van der Waals surface area contributed by atoms with Crippen LogP contribution in [0.4, 0.5) is 31.9 Å². The van der Waals surface area contributed by atoms with Crippen LogP contribution in [0.2, 0.25) is 0 Å². The third-order valence-corrected chi connectivity index (χ3v) is 16.0. The molecule has 0 saturated carbocycles. The van der Waals surface area contributed by atoms with Crippen molar-refractivity contribution in [3.05, 3.63) is 93.8 Å². The molecule has 21 heteroatoms. The van der Waals surface area contributed by atoms with Gasteiger partial charge in [0.05, 0.1) is 41.5 Å². The lowest BCUT2D eigenvalue weighted by Gasteiger charge is -2.42. The third-order valence-electron chi connectivity index (χ3n) is 16.0. The van der Waals surface area contributed by atoms with E-state index in [1.165, 1.54) is 0 Å². The molecule has 2 atom stereocenters. The number of piperidine rings is 3. The molecule has 11 rings (SSSR count). The number of pyridine rings is 1. The highest BCUT2D eigenvalue weighted by Gasteiger charge is 2.46. The number of hydrogen-bond acceptors (Lipinski definition) is 15. The van der Waals surface area contributed by atoms with Gasteiger partial charge in [0, 0.05) is 99.6 Å². The van der Waals surface area contributed by atoms with Crippen LogP contribution >= 0.6 is 0 Å². The summed E-state index contributed by atoms with van der Waals surface area (Å²) in [6.45, 7) is 9.89. The number of anilines is 4. The quantitative estimate of drug-likeness (QED) is 0.204. The highest BCUT2D eigenvalue weighted by molar-refractivity contribution is 6.24. The molecule has 7 aliphatic rings. The van der Waals surface area contributed by atoms with Gasteiger partial charge in [0.1, 0.15) is 11.9 Å². The summed E-state index contributed by atoms with van der Waals surface area (Å²) in [4.78, 5) is 85.4. The Labute approximate surface area is 415 Å². The number of nitrogens with one attached hydrogen (secondary N) is 2. The zero-order valence-corrected chi connectivity index (χ0v) is 40.7. The molecule has 0 spiro atoms. The average molecular weight is 985 g/mol. The Kier molecular flexibility index (Phi) is 12.4. The summed E-state index contributed by atoms with van der Waals surface area (Å²) in [5, 5.41) is 17.3. The number of aromatic nitrogens is 5. The van der Waals surface area contributed by atoms with Gasteiger partial charge >= 0.3 is 0 Å². The minimum absolute atomic E-state index is 0.0681. The summed E-state index contributed by atoms with van der Waals surface area (Å²) >= 11 is 0. The second kappa shape index (κ2) is 18.9. The van der Waals surface area contributed by atoms with Gasteiger partial charge in [0.25, 0.3) is 23.6 Å². The summed E-state index contributed by atoms with van der Waals surface area (Å²) in [5.74, 6) is -4.02. The highest BCUT2D eigenvalue weighted by Crippen LogP contribution is 2.38. The normalized spacial score (nSPS) is 22.6. The number of nitrogens with zero attached hydrogens (tertiary/aromatic N) is 12. The molecule has 1 unspecified atom stereocenters. The van der Waals surface area contributed by atoms with E-state index in [4.69, 9.17) is 4.99 Å². The molecule has 2 aromatic carbocycles. The number of halogens is 2. The smallest absolute Gasteiger partial charge is 0.263 e. The number of imide groups is 2. The number of alkyl halides is 2. The van der Waals surface area contributed by atoms with E-state index in [9.17, 15) is 24.0 Å². The maximum absolute atomic E-state index is 16.0. The molecule has 7 aliphatic heterocycles. The summed E-state index contributed by atoms with van der Waals surface area (Å²) in [5.41, 5.74) is 7.06. The molecule has 2 N–H and O–H groups in total. The van der Waals surface area contributed by atoms with Crippen LogP contribution in [-0.2, 0) is 20.9 Å². The van der Waals surface area contributed by atoms with Crippen molar-refractivity contribution < 1.29 is 32.8 Å². The van der Waals surface area contributed by atoms with E-state index in [0.717, 1.165) is 77.0 Å². The number of piperazine rings is 1. The fourth-order valence-electron chi connectivity index (χ4n) is 11.7. The number of carbonyl (C=O) groups is 5. The first-order chi connectivity index (χ1) is 34.7.